The second kappa shape index (κ2) is 5.67. The summed E-state index contributed by atoms with van der Waals surface area (Å²) in [5, 5.41) is 6.63. The van der Waals surface area contributed by atoms with Crippen LogP contribution in [0.25, 0.3) is 0 Å². The third-order valence-corrected chi connectivity index (χ3v) is 3.97. The summed E-state index contributed by atoms with van der Waals surface area (Å²) in [6, 6.07) is 1.08. The summed E-state index contributed by atoms with van der Waals surface area (Å²) < 4.78 is 0. The van der Waals surface area contributed by atoms with E-state index in [2.05, 4.69) is 17.6 Å². The van der Waals surface area contributed by atoms with Crippen molar-refractivity contribution in [1.29, 1.82) is 0 Å². The SMILES string of the molecule is CC1CCC(NC2CCCNC(=O)C2)CC1. The summed E-state index contributed by atoms with van der Waals surface area (Å²) in [4.78, 5) is 11.4. The highest BCUT2D eigenvalue weighted by Gasteiger charge is 2.23. The highest BCUT2D eigenvalue weighted by atomic mass is 16.1. The van der Waals surface area contributed by atoms with Crippen molar-refractivity contribution in [3.8, 4) is 0 Å². The molecule has 0 bridgehead atoms. The lowest BCUT2D eigenvalue weighted by Crippen LogP contribution is -2.41. The van der Waals surface area contributed by atoms with Gasteiger partial charge in [0.2, 0.25) is 5.91 Å². The van der Waals surface area contributed by atoms with Crippen molar-refractivity contribution in [2.75, 3.05) is 6.54 Å². The van der Waals surface area contributed by atoms with Crippen LogP contribution in [0.5, 0.6) is 0 Å². The molecule has 2 N–H and O–H groups in total. The quantitative estimate of drug-likeness (QED) is 0.751. The smallest absolute Gasteiger partial charge is 0.221 e. The van der Waals surface area contributed by atoms with Gasteiger partial charge in [0, 0.05) is 25.0 Å². The third kappa shape index (κ3) is 3.48. The van der Waals surface area contributed by atoms with E-state index < -0.39 is 0 Å². The standard InChI is InChI=1S/C13H24N2O/c1-10-4-6-11(7-5-10)15-12-3-2-8-14-13(16)9-12/h10-12,15H,2-9H2,1H3,(H,14,16). The molecule has 2 fully saturated rings. The number of amides is 1. The molecule has 1 saturated heterocycles. The summed E-state index contributed by atoms with van der Waals surface area (Å²) in [5.74, 6) is 1.12. The fourth-order valence-electron chi connectivity index (χ4n) is 2.88. The number of hydrogen-bond acceptors (Lipinski definition) is 2. The van der Waals surface area contributed by atoms with E-state index in [9.17, 15) is 4.79 Å². The molecule has 3 nitrogen and oxygen atoms in total. The number of nitrogens with one attached hydrogen (secondary N) is 2. The fraction of sp³-hybridized carbons (Fsp3) is 0.923. The van der Waals surface area contributed by atoms with Gasteiger partial charge in [-0.05, 0) is 44.4 Å². The summed E-state index contributed by atoms with van der Waals surface area (Å²) in [6.45, 7) is 3.20. The number of hydrogen-bond donors (Lipinski definition) is 2. The average Bonchev–Trinajstić information content (AvgIpc) is 2.46. The van der Waals surface area contributed by atoms with Gasteiger partial charge in [0.05, 0.1) is 0 Å². The van der Waals surface area contributed by atoms with E-state index in [1.807, 2.05) is 0 Å². The largest absolute Gasteiger partial charge is 0.356 e. The molecular formula is C13H24N2O. The maximum atomic E-state index is 11.4. The van der Waals surface area contributed by atoms with E-state index in [-0.39, 0.29) is 5.91 Å². The predicted octanol–water partition coefficient (Wildman–Crippen LogP) is 1.82. The van der Waals surface area contributed by atoms with E-state index in [1.165, 1.54) is 25.7 Å². The van der Waals surface area contributed by atoms with Crippen LogP contribution in [0.3, 0.4) is 0 Å². The van der Waals surface area contributed by atoms with Gasteiger partial charge < -0.3 is 10.6 Å². The molecule has 0 spiro atoms. The summed E-state index contributed by atoms with van der Waals surface area (Å²) in [5.41, 5.74) is 0. The molecule has 1 heterocycles. The molecule has 1 aliphatic carbocycles. The second-order valence-corrected chi connectivity index (χ2v) is 5.52. The van der Waals surface area contributed by atoms with Crippen LogP contribution in [0.1, 0.15) is 51.9 Å². The molecule has 0 radical (unpaired) electrons. The predicted molar refractivity (Wildman–Crippen MR) is 65.2 cm³/mol. The Morgan fingerprint density at radius 3 is 2.62 bits per heavy atom. The Kier molecular flexibility index (Phi) is 4.22. The molecule has 92 valence electrons. The van der Waals surface area contributed by atoms with Crippen molar-refractivity contribution in [1.82, 2.24) is 10.6 Å². The van der Waals surface area contributed by atoms with E-state index in [0.29, 0.717) is 18.5 Å². The zero-order valence-electron chi connectivity index (χ0n) is 10.3. The van der Waals surface area contributed by atoms with Crippen LogP contribution in [0.2, 0.25) is 0 Å². The van der Waals surface area contributed by atoms with E-state index in [1.54, 1.807) is 0 Å². The molecule has 1 amide bonds. The van der Waals surface area contributed by atoms with Crippen molar-refractivity contribution < 1.29 is 4.79 Å². The van der Waals surface area contributed by atoms with Crippen molar-refractivity contribution in [3.63, 3.8) is 0 Å². The maximum Gasteiger partial charge on any atom is 0.221 e. The zero-order chi connectivity index (χ0) is 11.4. The monoisotopic (exact) mass is 224 g/mol. The third-order valence-electron chi connectivity index (χ3n) is 3.97. The highest BCUT2D eigenvalue weighted by molar-refractivity contribution is 5.76. The van der Waals surface area contributed by atoms with Gasteiger partial charge in [-0.1, -0.05) is 6.92 Å². The molecule has 3 heteroatoms. The van der Waals surface area contributed by atoms with Gasteiger partial charge in [0.25, 0.3) is 0 Å². The molecule has 1 atom stereocenters. The lowest BCUT2D eigenvalue weighted by atomic mass is 9.87. The molecule has 2 rings (SSSR count). The van der Waals surface area contributed by atoms with Gasteiger partial charge in [-0.25, -0.2) is 0 Å². The van der Waals surface area contributed by atoms with Gasteiger partial charge in [0.1, 0.15) is 0 Å². The Morgan fingerprint density at radius 2 is 1.88 bits per heavy atom. The normalized spacial score (nSPS) is 36.6. The van der Waals surface area contributed by atoms with Crippen LogP contribution in [0.4, 0.5) is 0 Å². The Labute approximate surface area is 98.4 Å². The van der Waals surface area contributed by atoms with Gasteiger partial charge in [0.15, 0.2) is 0 Å². The van der Waals surface area contributed by atoms with Crippen LogP contribution in [-0.2, 0) is 4.79 Å². The Balaban J connectivity index is 1.77. The minimum absolute atomic E-state index is 0.221. The van der Waals surface area contributed by atoms with Crippen LogP contribution in [-0.4, -0.2) is 24.5 Å². The minimum atomic E-state index is 0.221. The van der Waals surface area contributed by atoms with E-state index >= 15 is 0 Å². The minimum Gasteiger partial charge on any atom is -0.356 e. The maximum absolute atomic E-state index is 11.4. The van der Waals surface area contributed by atoms with Crippen LogP contribution in [0, 0.1) is 5.92 Å². The summed E-state index contributed by atoms with van der Waals surface area (Å²) >= 11 is 0. The van der Waals surface area contributed by atoms with Gasteiger partial charge in [-0.3, -0.25) is 4.79 Å². The first-order valence-corrected chi connectivity index (χ1v) is 6.77. The van der Waals surface area contributed by atoms with Crippen molar-refractivity contribution >= 4 is 5.91 Å². The Morgan fingerprint density at radius 1 is 1.12 bits per heavy atom. The van der Waals surface area contributed by atoms with Gasteiger partial charge in [-0.2, -0.15) is 0 Å². The summed E-state index contributed by atoms with van der Waals surface area (Å²) in [7, 11) is 0. The van der Waals surface area contributed by atoms with Crippen molar-refractivity contribution in [2.45, 2.75) is 64.0 Å². The van der Waals surface area contributed by atoms with Gasteiger partial charge >= 0.3 is 0 Å². The number of carbonyl (C=O) groups excluding carboxylic acids is 1. The average molecular weight is 224 g/mol. The molecule has 0 aromatic heterocycles. The van der Waals surface area contributed by atoms with Crippen LogP contribution >= 0.6 is 0 Å². The molecule has 16 heavy (non-hydrogen) atoms. The Bertz CT molecular complexity index is 234. The topological polar surface area (TPSA) is 41.1 Å². The molecule has 2 aliphatic rings. The second-order valence-electron chi connectivity index (χ2n) is 5.52. The lowest BCUT2D eigenvalue weighted by molar-refractivity contribution is -0.121. The first-order chi connectivity index (χ1) is 7.74. The summed E-state index contributed by atoms with van der Waals surface area (Å²) in [6.07, 6.45) is 8.20. The molecule has 1 aliphatic heterocycles. The lowest BCUT2D eigenvalue weighted by Gasteiger charge is -2.30. The highest BCUT2D eigenvalue weighted by Crippen LogP contribution is 2.24. The molecule has 0 aromatic carbocycles. The first-order valence-electron chi connectivity index (χ1n) is 6.77. The van der Waals surface area contributed by atoms with E-state index in [0.717, 1.165) is 25.3 Å². The number of rotatable bonds is 2. The molecule has 1 saturated carbocycles. The molecule has 1 unspecified atom stereocenters. The number of carbonyl (C=O) groups is 1. The van der Waals surface area contributed by atoms with Gasteiger partial charge in [-0.15, -0.1) is 0 Å². The fourth-order valence-corrected chi connectivity index (χ4v) is 2.88. The Hall–Kier alpha value is -0.570. The van der Waals surface area contributed by atoms with Crippen molar-refractivity contribution in [2.24, 2.45) is 5.92 Å². The van der Waals surface area contributed by atoms with E-state index in [4.69, 9.17) is 0 Å². The zero-order valence-corrected chi connectivity index (χ0v) is 10.3. The van der Waals surface area contributed by atoms with Crippen LogP contribution in [0.15, 0.2) is 0 Å². The molecular weight excluding hydrogens is 200 g/mol. The first kappa shape index (κ1) is 11.9. The van der Waals surface area contributed by atoms with Crippen LogP contribution < -0.4 is 10.6 Å². The molecule has 0 aromatic rings. The van der Waals surface area contributed by atoms with Crippen molar-refractivity contribution in [3.05, 3.63) is 0 Å².